The van der Waals surface area contributed by atoms with Crippen LogP contribution >= 0.6 is 0 Å². The van der Waals surface area contributed by atoms with Crippen LogP contribution in [0.1, 0.15) is 51.5 Å². The average Bonchev–Trinajstić information content (AvgIpc) is 3.08. The lowest BCUT2D eigenvalue weighted by Crippen LogP contribution is -2.56. The number of ether oxygens (including phenoxy) is 3. The van der Waals surface area contributed by atoms with E-state index in [-0.39, 0.29) is 18.3 Å². The fourth-order valence-electron chi connectivity index (χ4n) is 4.47. The molecule has 0 bridgehead atoms. The SMILES string of the molecule is CC1(C)CN(C(=O)C2(c3ccc4c(c3)OCO4)CCCCC2)CCO1. The maximum absolute atomic E-state index is 13.7. The largest absolute Gasteiger partial charge is 0.454 e. The van der Waals surface area contributed by atoms with Crippen LogP contribution in [-0.2, 0) is 14.9 Å². The Morgan fingerprint density at radius 1 is 1.08 bits per heavy atom. The topological polar surface area (TPSA) is 48.0 Å². The van der Waals surface area contributed by atoms with Gasteiger partial charge in [-0.2, -0.15) is 0 Å². The van der Waals surface area contributed by atoms with Crippen LogP contribution in [-0.4, -0.2) is 42.9 Å². The van der Waals surface area contributed by atoms with Crippen LogP contribution in [0.25, 0.3) is 0 Å². The van der Waals surface area contributed by atoms with E-state index in [9.17, 15) is 4.79 Å². The van der Waals surface area contributed by atoms with Crippen LogP contribution in [0.4, 0.5) is 0 Å². The predicted molar refractivity (Wildman–Crippen MR) is 93.9 cm³/mol. The number of rotatable bonds is 2. The molecule has 2 heterocycles. The number of amides is 1. The van der Waals surface area contributed by atoms with Crippen LogP contribution in [0.3, 0.4) is 0 Å². The van der Waals surface area contributed by atoms with Gasteiger partial charge in [-0.25, -0.2) is 0 Å². The first-order chi connectivity index (χ1) is 12.0. The van der Waals surface area contributed by atoms with E-state index >= 15 is 0 Å². The molecule has 0 unspecified atom stereocenters. The number of carbonyl (C=O) groups excluding carboxylic acids is 1. The number of carbonyl (C=O) groups is 1. The van der Waals surface area contributed by atoms with Gasteiger partial charge in [0.2, 0.25) is 12.7 Å². The monoisotopic (exact) mass is 345 g/mol. The molecular formula is C20H27NO4. The summed E-state index contributed by atoms with van der Waals surface area (Å²) in [6.45, 7) is 6.31. The third-order valence-electron chi connectivity index (χ3n) is 5.75. The molecule has 0 atom stereocenters. The highest BCUT2D eigenvalue weighted by Gasteiger charge is 2.45. The summed E-state index contributed by atoms with van der Waals surface area (Å²) in [5.41, 5.74) is 0.358. The molecule has 4 rings (SSSR count). The summed E-state index contributed by atoms with van der Waals surface area (Å²) >= 11 is 0. The molecule has 0 radical (unpaired) electrons. The van der Waals surface area contributed by atoms with Crippen molar-refractivity contribution in [1.29, 1.82) is 0 Å². The molecule has 0 N–H and O–H groups in total. The van der Waals surface area contributed by atoms with Gasteiger partial charge in [-0.3, -0.25) is 4.79 Å². The van der Waals surface area contributed by atoms with Crippen LogP contribution in [0, 0.1) is 0 Å². The van der Waals surface area contributed by atoms with Gasteiger partial charge < -0.3 is 19.1 Å². The van der Waals surface area contributed by atoms with Crippen LogP contribution < -0.4 is 9.47 Å². The number of hydrogen-bond donors (Lipinski definition) is 0. The maximum atomic E-state index is 13.7. The van der Waals surface area contributed by atoms with Crippen molar-refractivity contribution in [1.82, 2.24) is 4.90 Å². The van der Waals surface area contributed by atoms with Crippen molar-refractivity contribution in [2.75, 3.05) is 26.5 Å². The Morgan fingerprint density at radius 3 is 2.60 bits per heavy atom. The zero-order valence-corrected chi connectivity index (χ0v) is 15.2. The first-order valence-electron chi connectivity index (χ1n) is 9.34. The van der Waals surface area contributed by atoms with Crippen molar-refractivity contribution < 1.29 is 19.0 Å². The summed E-state index contributed by atoms with van der Waals surface area (Å²) in [4.78, 5) is 15.7. The van der Waals surface area contributed by atoms with Crippen LogP contribution in [0.2, 0.25) is 0 Å². The van der Waals surface area contributed by atoms with Crippen LogP contribution in [0.5, 0.6) is 11.5 Å². The van der Waals surface area contributed by atoms with E-state index in [1.165, 1.54) is 6.42 Å². The standard InChI is InChI=1S/C20H27NO4/c1-19(2)13-21(10-11-25-19)18(22)20(8-4-3-5-9-20)15-6-7-16-17(12-15)24-14-23-16/h6-7,12H,3-5,8-11,13-14H2,1-2H3. The number of benzene rings is 1. The fraction of sp³-hybridized carbons (Fsp3) is 0.650. The summed E-state index contributed by atoms with van der Waals surface area (Å²) in [6, 6.07) is 6.03. The highest BCUT2D eigenvalue weighted by Crippen LogP contribution is 2.45. The van der Waals surface area contributed by atoms with Gasteiger partial charge in [0.25, 0.3) is 0 Å². The van der Waals surface area contributed by atoms with Gasteiger partial charge in [0.15, 0.2) is 11.5 Å². The molecule has 0 spiro atoms. The van der Waals surface area contributed by atoms with Gasteiger partial charge in [0, 0.05) is 13.1 Å². The second kappa shape index (κ2) is 6.20. The minimum absolute atomic E-state index is 0.252. The molecule has 2 fully saturated rings. The fourth-order valence-corrected chi connectivity index (χ4v) is 4.47. The summed E-state index contributed by atoms with van der Waals surface area (Å²) in [5.74, 6) is 1.79. The molecular weight excluding hydrogens is 318 g/mol. The van der Waals surface area contributed by atoms with E-state index in [2.05, 4.69) is 19.9 Å². The number of morpholine rings is 1. The quantitative estimate of drug-likeness (QED) is 0.825. The predicted octanol–water partition coefficient (Wildman–Crippen LogP) is 3.25. The third-order valence-corrected chi connectivity index (χ3v) is 5.75. The summed E-state index contributed by atoms with van der Waals surface area (Å²) in [7, 11) is 0. The van der Waals surface area contributed by atoms with Crippen molar-refractivity contribution in [3.05, 3.63) is 23.8 Å². The molecule has 5 heteroatoms. The molecule has 1 amide bonds. The zero-order valence-electron chi connectivity index (χ0n) is 15.2. The molecule has 1 saturated heterocycles. The molecule has 2 aliphatic heterocycles. The summed E-state index contributed by atoms with van der Waals surface area (Å²) in [6.07, 6.45) is 5.20. The van der Waals surface area contributed by atoms with Gasteiger partial charge >= 0.3 is 0 Å². The van der Waals surface area contributed by atoms with E-state index < -0.39 is 5.41 Å². The van der Waals surface area contributed by atoms with E-state index in [1.807, 2.05) is 17.0 Å². The molecule has 1 aromatic carbocycles. The molecule has 136 valence electrons. The normalized spacial score (nSPS) is 24.2. The minimum atomic E-state index is -0.438. The Kier molecular flexibility index (Phi) is 4.14. The highest BCUT2D eigenvalue weighted by atomic mass is 16.7. The lowest BCUT2D eigenvalue weighted by molar-refractivity contribution is -0.153. The van der Waals surface area contributed by atoms with Gasteiger partial charge in [0.05, 0.1) is 17.6 Å². The van der Waals surface area contributed by atoms with Crippen molar-refractivity contribution in [3.8, 4) is 11.5 Å². The van der Waals surface area contributed by atoms with Gasteiger partial charge in [-0.05, 0) is 44.4 Å². The van der Waals surface area contributed by atoms with E-state index in [0.717, 1.165) is 42.7 Å². The molecule has 3 aliphatic rings. The second-order valence-electron chi connectivity index (χ2n) is 8.05. The smallest absolute Gasteiger partial charge is 0.233 e. The Bertz CT molecular complexity index is 664. The summed E-state index contributed by atoms with van der Waals surface area (Å²) in [5, 5.41) is 0. The van der Waals surface area contributed by atoms with Crippen molar-refractivity contribution in [3.63, 3.8) is 0 Å². The maximum Gasteiger partial charge on any atom is 0.233 e. The molecule has 0 aromatic heterocycles. The first-order valence-corrected chi connectivity index (χ1v) is 9.34. The average molecular weight is 345 g/mol. The highest BCUT2D eigenvalue weighted by molar-refractivity contribution is 5.89. The Balaban J connectivity index is 1.68. The Hall–Kier alpha value is -1.75. The molecule has 1 aromatic rings. The zero-order chi connectivity index (χ0) is 17.5. The molecule has 1 saturated carbocycles. The Labute approximate surface area is 149 Å². The lowest BCUT2D eigenvalue weighted by Gasteiger charge is -2.45. The number of fused-ring (bicyclic) bond motifs is 1. The van der Waals surface area contributed by atoms with Crippen molar-refractivity contribution in [2.24, 2.45) is 0 Å². The Morgan fingerprint density at radius 2 is 1.84 bits per heavy atom. The lowest BCUT2D eigenvalue weighted by atomic mass is 9.68. The van der Waals surface area contributed by atoms with Crippen LogP contribution in [0.15, 0.2) is 18.2 Å². The van der Waals surface area contributed by atoms with E-state index in [4.69, 9.17) is 14.2 Å². The van der Waals surface area contributed by atoms with Gasteiger partial charge in [-0.1, -0.05) is 25.3 Å². The molecule has 5 nitrogen and oxygen atoms in total. The number of hydrogen-bond acceptors (Lipinski definition) is 4. The van der Waals surface area contributed by atoms with E-state index in [0.29, 0.717) is 19.7 Å². The van der Waals surface area contributed by atoms with Crippen molar-refractivity contribution >= 4 is 5.91 Å². The van der Waals surface area contributed by atoms with Gasteiger partial charge in [0.1, 0.15) is 0 Å². The minimum Gasteiger partial charge on any atom is -0.454 e. The summed E-state index contributed by atoms with van der Waals surface area (Å²) < 4.78 is 16.8. The third kappa shape index (κ3) is 2.99. The molecule has 25 heavy (non-hydrogen) atoms. The number of nitrogens with zero attached hydrogens (tertiary/aromatic N) is 1. The second-order valence-corrected chi connectivity index (χ2v) is 8.05. The van der Waals surface area contributed by atoms with E-state index in [1.54, 1.807) is 0 Å². The van der Waals surface area contributed by atoms with Gasteiger partial charge in [-0.15, -0.1) is 0 Å². The van der Waals surface area contributed by atoms with Crippen molar-refractivity contribution in [2.45, 2.75) is 57.0 Å². The first kappa shape index (κ1) is 16.7. The molecule has 1 aliphatic carbocycles.